The highest BCUT2D eigenvalue weighted by Gasteiger charge is 2.31. The van der Waals surface area contributed by atoms with Crippen molar-refractivity contribution in [1.29, 1.82) is 0 Å². The monoisotopic (exact) mass is 402 g/mol. The minimum absolute atomic E-state index is 0.214. The van der Waals surface area contributed by atoms with Gasteiger partial charge < -0.3 is 20.1 Å². The van der Waals surface area contributed by atoms with Crippen LogP contribution in [0.5, 0.6) is 5.75 Å². The fourth-order valence-electron chi connectivity index (χ4n) is 2.65. The van der Waals surface area contributed by atoms with E-state index in [4.69, 9.17) is 21.1 Å². The highest BCUT2D eigenvalue weighted by atomic mass is 35.5. The Hall–Kier alpha value is -3.06. The summed E-state index contributed by atoms with van der Waals surface area (Å²) in [4.78, 5) is 36.3. The molecular weight excluding hydrogens is 384 g/mol. The van der Waals surface area contributed by atoms with E-state index in [1.807, 2.05) is 6.07 Å². The molecule has 0 aromatic heterocycles. The molecule has 3 rings (SSSR count). The summed E-state index contributed by atoms with van der Waals surface area (Å²) >= 11 is 6.04. The van der Waals surface area contributed by atoms with E-state index in [0.29, 0.717) is 16.5 Å². The smallest absolute Gasteiger partial charge is 0.310 e. The van der Waals surface area contributed by atoms with E-state index in [1.54, 1.807) is 42.5 Å². The Morgan fingerprint density at radius 1 is 1.21 bits per heavy atom. The molecule has 0 saturated carbocycles. The van der Waals surface area contributed by atoms with E-state index in [2.05, 4.69) is 10.6 Å². The van der Waals surface area contributed by atoms with Crippen molar-refractivity contribution in [3.05, 3.63) is 59.1 Å². The Labute approximate surface area is 167 Å². The Morgan fingerprint density at radius 3 is 2.71 bits per heavy atom. The number of ether oxygens (including phenoxy) is 2. The van der Waals surface area contributed by atoms with Crippen molar-refractivity contribution in [2.24, 2.45) is 0 Å². The number of amides is 2. The zero-order valence-electron chi connectivity index (χ0n) is 15.1. The van der Waals surface area contributed by atoms with Crippen molar-refractivity contribution < 1.29 is 23.9 Å². The van der Waals surface area contributed by atoms with Gasteiger partial charge in [0, 0.05) is 11.6 Å². The Bertz CT molecular complexity index is 902. The first-order valence-corrected chi connectivity index (χ1v) is 9.09. The standard InChI is InChI=1S/C20H19ClN2O5/c1-12(19(25)22-11-13-6-2-3-7-14(13)21)27-18(24)10-17-20(26)23-15-8-4-5-9-16(15)28-17/h2-9,12,17H,10-11H2,1H3,(H,22,25)(H,23,26)/t12-,17-/m1/s1. The molecule has 0 bridgehead atoms. The lowest BCUT2D eigenvalue weighted by molar-refractivity contribution is -0.157. The first-order valence-electron chi connectivity index (χ1n) is 8.71. The molecule has 28 heavy (non-hydrogen) atoms. The second kappa shape index (κ2) is 8.75. The minimum Gasteiger partial charge on any atom is -0.478 e. The van der Waals surface area contributed by atoms with Gasteiger partial charge in [-0.05, 0) is 30.7 Å². The molecule has 0 unspecified atom stereocenters. The fourth-order valence-corrected chi connectivity index (χ4v) is 2.85. The van der Waals surface area contributed by atoms with Gasteiger partial charge in [0.2, 0.25) is 0 Å². The summed E-state index contributed by atoms with van der Waals surface area (Å²) in [5, 5.41) is 5.87. The van der Waals surface area contributed by atoms with E-state index >= 15 is 0 Å². The topological polar surface area (TPSA) is 93.7 Å². The van der Waals surface area contributed by atoms with Crippen molar-refractivity contribution in [2.45, 2.75) is 32.1 Å². The number of carbonyl (C=O) groups is 3. The quantitative estimate of drug-likeness (QED) is 0.724. The third-order valence-corrected chi connectivity index (χ3v) is 4.52. The number of nitrogens with one attached hydrogen (secondary N) is 2. The molecule has 2 aromatic rings. The zero-order valence-corrected chi connectivity index (χ0v) is 15.9. The number of benzene rings is 2. The number of carbonyl (C=O) groups excluding carboxylic acids is 3. The third kappa shape index (κ3) is 4.80. The van der Waals surface area contributed by atoms with E-state index in [1.165, 1.54) is 6.92 Å². The molecule has 2 atom stereocenters. The molecule has 146 valence electrons. The van der Waals surface area contributed by atoms with E-state index in [-0.39, 0.29) is 13.0 Å². The Balaban J connectivity index is 1.49. The lowest BCUT2D eigenvalue weighted by Gasteiger charge is -2.25. The maximum atomic E-state index is 12.1. The van der Waals surface area contributed by atoms with Crippen LogP contribution in [0.1, 0.15) is 18.9 Å². The SMILES string of the molecule is C[C@@H](OC(=O)C[C@H]1Oc2ccccc2NC1=O)C(=O)NCc1ccccc1Cl. The van der Waals surface area contributed by atoms with E-state index in [9.17, 15) is 14.4 Å². The summed E-state index contributed by atoms with van der Waals surface area (Å²) in [6, 6.07) is 14.0. The number of halogens is 1. The average molecular weight is 403 g/mol. The molecule has 0 saturated heterocycles. The largest absolute Gasteiger partial charge is 0.478 e. The van der Waals surface area contributed by atoms with Gasteiger partial charge >= 0.3 is 5.97 Å². The lowest BCUT2D eigenvalue weighted by atomic mass is 10.1. The zero-order chi connectivity index (χ0) is 20.1. The molecule has 0 radical (unpaired) electrons. The van der Waals surface area contributed by atoms with Crippen LogP contribution in [0.15, 0.2) is 48.5 Å². The van der Waals surface area contributed by atoms with Gasteiger partial charge in [0.05, 0.1) is 12.1 Å². The molecule has 2 N–H and O–H groups in total. The van der Waals surface area contributed by atoms with Gasteiger partial charge in [-0.1, -0.05) is 41.9 Å². The molecular formula is C20H19ClN2O5. The predicted molar refractivity (Wildman–Crippen MR) is 103 cm³/mol. The average Bonchev–Trinajstić information content (AvgIpc) is 2.67. The van der Waals surface area contributed by atoms with Crippen molar-refractivity contribution >= 4 is 35.1 Å². The second-order valence-electron chi connectivity index (χ2n) is 6.24. The van der Waals surface area contributed by atoms with Gasteiger partial charge in [0.1, 0.15) is 5.75 Å². The molecule has 8 heteroatoms. The predicted octanol–water partition coefficient (Wildman–Crippen LogP) is 2.68. The first-order chi connectivity index (χ1) is 13.4. The number of anilines is 1. The Morgan fingerprint density at radius 2 is 1.93 bits per heavy atom. The van der Waals surface area contributed by atoms with Crippen LogP contribution in [0, 0.1) is 0 Å². The van der Waals surface area contributed by atoms with Crippen LogP contribution in [0.25, 0.3) is 0 Å². The molecule has 7 nitrogen and oxygen atoms in total. The molecule has 0 spiro atoms. The van der Waals surface area contributed by atoms with E-state index in [0.717, 1.165) is 5.56 Å². The summed E-state index contributed by atoms with van der Waals surface area (Å²) in [6.07, 6.45) is -2.34. The normalized spacial score (nSPS) is 16.2. The van der Waals surface area contributed by atoms with Crippen LogP contribution in [-0.2, 0) is 25.7 Å². The van der Waals surface area contributed by atoms with E-state index < -0.39 is 30.0 Å². The van der Waals surface area contributed by atoms with Gasteiger partial charge in [0.15, 0.2) is 12.2 Å². The van der Waals surface area contributed by atoms with Crippen molar-refractivity contribution in [1.82, 2.24) is 5.32 Å². The molecule has 1 aliphatic rings. The highest BCUT2D eigenvalue weighted by molar-refractivity contribution is 6.31. The van der Waals surface area contributed by atoms with Crippen molar-refractivity contribution in [2.75, 3.05) is 5.32 Å². The number of esters is 1. The highest BCUT2D eigenvalue weighted by Crippen LogP contribution is 2.29. The number of para-hydroxylation sites is 2. The van der Waals surface area contributed by atoms with Crippen LogP contribution in [0.2, 0.25) is 5.02 Å². The van der Waals surface area contributed by atoms with Crippen molar-refractivity contribution in [3.8, 4) is 5.75 Å². The fraction of sp³-hybridized carbons (Fsp3) is 0.250. The maximum absolute atomic E-state index is 12.1. The molecule has 0 aliphatic carbocycles. The molecule has 1 aliphatic heterocycles. The summed E-state index contributed by atoms with van der Waals surface area (Å²) in [7, 11) is 0. The maximum Gasteiger partial charge on any atom is 0.310 e. The van der Waals surface area contributed by atoms with Crippen LogP contribution < -0.4 is 15.4 Å². The van der Waals surface area contributed by atoms with Crippen LogP contribution >= 0.6 is 11.6 Å². The molecule has 0 fully saturated rings. The number of hydrogen-bond donors (Lipinski definition) is 2. The third-order valence-electron chi connectivity index (χ3n) is 4.15. The Kier molecular flexibility index (Phi) is 6.16. The van der Waals surface area contributed by atoms with Gasteiger partial charge in [-0.15, -0.1) is 0 Å². The number of fused-ring (bicyclic) bond motifs is 1. The van der Waals surface area contributed by atoms with Crippen molar-refractivity contribution in [3.63, 3.8) is 0 Å². The van der Waals surface area contributed by atoms with Crippen LogP contribution in [0.3, 0.4) is 0 Å². The number of rotatable bonds is 6. The summed E-state index contributed by atoms with van der Waals surface area (Å²) in [5.74, 6) is -1.13. The summed E-state index contributed by atoms with van der Waals surface area (Å²) in [5.41, 5.74) is 1.30. The minimum atomic E-state index is -1.02. The van der Waals surface area contributed by atoms with Gasteiger partial charge in [-0.2, -0.15) is 0 Å². The lowest BCUT2D eigenvalue weighted by Crippen LogP contribution is -2.40. The number of hydrogen-bond acceptors (Lipinski definition) is 5. The second-order valence-corrected chi connectivity index (χ2v) is 6.64. The van der Waals surface area contributed by atoms with Gasteiger partial charge in [0.25, 0.3) is 11.8 Å². The molecule has 2 aromatic carbocycles. The molecule has 2 amide bonds. The van der Waals surface area contributed by atoms with Gasteiger partial charge in [-0.25, -0.2) is 0 Å². The van der Waals surface area contributed by atoms with Gasteiger partial charge in [-0.3, -0.25) is 14.4 Å². The molecule has 1 heterocycles. The summed E-state index contributed by atoms with van der Waals surface area (Å²) < 4.78 is 10.7. The first kappa shape index (κ1) is 19.7. The van der Waals surface area contributed by atoms with Crippen LogP contribution in [-0.4, -0.2) is 30.0 Å². The summed E-state index contributed by atoms with van der Waals surface area (Å²) in [6.45, 7) is 1.67. The van der Waals surface area contributed by atoms with Crippen LogP contribution in [0.4, 0.5) is 5.69 Å².